The van der Waals surface area contributed by atoms with Crippen LogP contribution in [0.4, 0.5) is 0 Å². The second-order valence-corrected chi connectivity index (χ2v) is 5.13. The molecule has 1 N–H and O–H groups in total. The summed E-state index contributed by atoms with van der Waals surface area (Å²) in [4.78, 5) is 18.7. The van der Waals surface area contributed by atoms with Crippen molar-refractivity contribution in [2.24, 2.45) is 0 Å². The van der Waals surface area contributed by atoms with Crippen molar-refractivity contribution in [2.45, 2.75) is 32.7 Å². The first-order chi connectivity index (χ1) is 9.29. The minimum absolute atomic E-state index is 0.269. The lowest BCUT2D eigenvalue weighted by atomic mass is 10.2. The van der Waals surface area contributed by atoms with E-state index >= 15 is 0 Å². The Labute approximate surface area is 115 Å². The predicted molar refractivity (Wildman–Crippen MR) is 75.2 cm³/mol. The van der Waals surface area contributed by atoms with Gasteiger partial charge in [0, 0.05) is 32.0 Å². The Kier molecular flexibility index (Phi) is 5.54. The maximum absolute atomic E-state index is 12.1. The molecule has 1 aliphatic heterocycles. The van der Waals surface area contributed by atoms with Crippen LogP contribution in [0.3, 0.4) is 0 Å². The molecule has 2 rings (SSSR count). The third-order valence-corrected chi connectivity index (χ3v) is 3.45. The van der Waals surface area contributed by atoms with Crippen molar-refractivity contribution < 1.29 is 4.79 Å². The molecular formula is C14H24N4O. The van der Waals surface area contributed by atoms with Crippen LogP contribution < -0.4 is 5.32 Å². The Morgan fingerprint density at radius 3 is 3.16 bits per heavy atom. The van der Waals surface area contributed by atoms with E-state index in [2.05, 4.69) is 26.7 Å². The third-order valence-electron chi connectivity index (χ3n) is 3.45. The molecule has 0 bridgehead atoms. The minimum atomic E-state index is 0.269. The number of nitrogens with zero attached hydrogens (tertiary/aromatic N) is 3. The molecule has 5 nitrogen and oxygen atoms in total. The summed E-state index contributed by atoms with van der Waals surface area (Å²) in [7, 11) is 0. The van der Waals surface area contributed by atoms with Crippen LogP contribution in [-0.2, 0) is 17.8 Å². The van der Waals surface area contributed by atoms with E-state index in [9.17, 15) is 4.79 Å². The number of ketones is 1. The summed E-state index contributed by atoms with van der Waals surface area (Å²) in [5.41, 5.74) is 0. The minimum Gasteiger partial charge on any atom is -0.335 e. The largest absolute Gasteiger partial charge is 0.335 e. The molecular weight excluding hydrogens is 240 g/mol. The summed E-state index contributed by atoms with van der Waals surface area (Å²) >= 11 is 0. The highest BCUT2D eigenvalue weighted by atomic mass is 16.1. The molecule has 1 aromatic rings. The van der Waals surface area contributed by atoms with E-state index in [4.69, 9.17) is 0 Å². The van der Waals surface area contributed by atoms with Gasteiger partial charge in [0.25, 0.3) is 0 Å². The number of rotatable bonds is 6. The first kappa shape index (κ1) is 14.2. The number of aromatic nitrogens is 2. The molecule has 0 aliphatic carbocycles. The molecule has 1 aromatic heterocycles. The fourth-order valence-corrected chi connectivity index (χ4v) is 2.49. The fourth-order valence-electron chi connectivity index (χ4n) is 2.49. The fraction of sp³-hybridized carbons (Fsp3) is 0.714. The Hall–Kier alpha value is -1.20. The Morgan fingerprint density at radius 2 is 2.32 bits per heavy atom. The van der Waals surface area contributed by atoms with Crippen LogP contribution in [0.25, 0.3) is 0 Å². The van der Waals surface area contributed by atoms with Crippen LogP contribution in [0.5, 0.6) is 0 Å². The first-order valence-electron chi connectivity index (χ1n) is 7.24. The van der Waals surface area contributed by atoms with Gasteiger partial charge in [-0.1, -0.05) is 6.92 Å². The van der Waals surface area contributed by atoms with Gasteiger partial charge in [-0.05, 0) is 25.9 Å². The van der Waals surface area contributed by atoms with Gasteiger partial charge >= 0.3 is 0 Å². The summed E-state index contributed by atoms with van der Waals surface area (Å²) in [6.07, 6.45) is 6.39. The molecule has 0 atom stereocenters. The maximum Gasteiger partial charge on any atom is 0.154 e. The second kappa shape index (κ2) is 7.40. The number of hydrogen-bond acceptors (Lipinski definition) is 4. The topological polar surface area (TPSA) is 50.2 Å². The highest BCUT2D eigenvalue weighted by Gasteiger charge is 2.14. The highest BCUT2D eigenvalue weighted by Crippen LogP contribution is 2.03. The molecule has 5 heteroatoms. The molecule has 0 radical (unpaired) electrons. The van der Waals surface area contributed by atoms with Gasteiger partial charge < -0.3 is 9.88 Å². The van der Waals surface area contributed by atoms with Crippen LogP contribution in [0, 0.1) is 0 Å². The number of imidazole rings is 1. The van der Waals surface area contributed by atoms with Crippen molar-refractivity contribution in [3.8, 4) is 0 Å². The molecule has 0 unspecified atom stereocenters. The van der Waals surface area contributed by atoms with Crippen molar-refractivity contribution in [1.29, 1.82) is 0 Å². The lowest BCUT2D eigenvalue weighted by molar-refractivity contribution is -0.119. The Balaban J connectivity index is 1.84. The SMILES string of the molecule is CCCn1ccnc1CC(=O)CN1CCCNCC1. The molecule has 0 aromatic carbocycles. The number of carbonyl (C=O) groups is 1. The van der Waals surface area contributed by atoms with E-state index in [1.807, 2.05) is 6.20 Å². The summed E-state index contributed by atoms with van der Waals surface area (Å²) in [5, 5.41) is 3.35. The number of carbonyl (C=O) groups excluding carboxylic acids is 1. The average molecular weight is 264 g/mol. The smallest absolute Gasteiger partial charge is 0.154 e. The van der Waals surface area contributed by atoms with Crippen LogP contribution >= 0.6 is 0 Å². The summed E-state index contributed by atoms with van der Waals surface area (Å²) in [6, 6.07) is 0. The second-order valence-electron chi connectivity index (χ2n) is 5.13. The van der Waals surface area contributed by atoms with E-state index in [0.29, 0.717) is 13.0 Å². The maximum atomic E-state index is 12.1. The average Bonchev–Trinajstić information content (AvgIpc) is 2.65. The van der Waals surface area contributed by atoms with Crippen molar-refractivity contribution in [3.63, 3.8) is 0 Å². The third kappa shape index (κ3) is 4.44. The van der Waals surface area contributed by atoms with Crippen LogP contribution in [0.2, 0.25) is 0 Å². The summed E-state index contributed by atoms with van der Waals surface area (Å²) in [6.45, 7) is 7.66. The van der Waals surface area contributed by atoms with Gasteiger partial charge in [-0.3, -0.25) is 9.69 Å². The van der Waals surface area contributed by atoms with Crippen LogP contribution in [0.1, 0.15) is 25.6 Å². The van der Waals surface area contributed by atoms with Gasteiger partial charge in [0.15, 0.2) is 5.78 Å². The van der Waals surface area contributed by atoms with Crippen LogP contribution in [0.15, 0.2) is 12.4 Å². The molecule has 106 valence electrons. The summed E-state index contributed by atoms with van der Waals surface area (Å²) in [5.74, 6) is 1.17. The van der Waals surface area contributed by atoms with E-state index in [1.165, 1.54) is 0 Å². The van der Waals surface area contributed by atoms with Gasteiger partial charge in [0.1, 0.15) is 5.82 Å². The van der Waals surface area contributed by atoms with Crippen molar-refractivity contribution in [1.82, 2.24) is 19.8 Å². The quantitative estimate of drug-likeness (QED) is 0.822. The zero-order valence-corrected chi connectivity index (χ0v) is 11.8. The van der Waals surface area contributed by atoms with E-state index in [1.54, 1.807) is 6.20 Å². The molecule has 1 aliphatic rings. The molecule has 2 heterocycles. The molecule has 0 spiro atoms. The highest BCUT2D eigenvalue weighted by molar-refractivity contribution is 5.82. The van der Waals surface area contributed by atoms with Gasteiger partial charge in [0.05, 0.1) is 13.0 Å². The molecule has 1 fully saturated rings. The van der Waals surface area contributed by atoms with Gasteiger partial charge in [-0.2, -0.15) is 0 Å². The van der Waals surface area contributed by atoms with Crippen LogP contribution in [-0.4, -0.2) is 53.0 Å². The monoisotopic (exact) mass is 264 g/mol. The molecule has 0 amide bonds. The molecule has 0 saturated carbocycles. The van der Waals surface area contributed by atoms with Gasteiger partial charge in [-0.25, -0.2) is 4.98 Å². The number of aryl methyl sites for hydroxylation is 1. The Morgan fingerprint density at radius 1 is 1.42 bits per heavy atom. The predicted octanol–water partition coefficient (Wildman–Crippen LogP) is 0.700. The lowest BCUT2D eigenvalue weighted by Gasteiger charge is -2.18. The summed E-state index contributed by atoms with van der Waals surface area (Å²) < 4.78 is 2.09. The Bertz CT molecular complexity index is 394. The normalized spacial score (nSPS) is 17.3. The van der Waals surface area contributed by atoms with E-state index in [0.717, 1.165) is 51.4 Å². The van der Waals surface area contributed by atoms with E-state index < -0.39 is 0 Å². The number of nitrogens with one attached hydrogen (secondary N) is 1. The zero-order chi connectivity index (χ0) is 13.5. The molecule has 19 heavy (non-hydrogen) atoms. The van der Waals surface area contributed by atoms with Gasteiger partial charge in [0.2, 0.25) is 0 Å². The van der Waals surface area contributed by atoms with E-state index in [-0.39, 0.29) is 5.78 Å². The van der Waals surface area contributed by atoms with Gasteiger partial charge in [-0.15, -0.1) is 0 Å². The standard InChI is InChI=1S/C14H24N4O/c1-2-7-18-10-6-16-14(18)11-13(19)12-17-8-3-4-15-5-9-17/h6,10,15H,2-5,7-9,11-12H2,1H3. The zero-order valence-electron chi connectivity index (χ0n) is 11.8. The van der Waals surface area contributed by atoms with Crippen molar-refractivity contribution in [3.05, 3.63) is 18.2 Å². The molecule has 1 saturated heterocycles. The number of hydrogen-bond donors (Lipinski definition) is 1. The van der Waals surface area contributed by atoms with Crippen molar-refractivity contribution in [2.75, 3.05) is 32.7 Å². The first-order valence-corrected chi connectivity index (χ1v) is 7.24. The number of Topliss-reactive ketones (excluding diaryl/α,β-unsaturated/α-hetero) is 1. The lowest BCUT2D eigenvalue weighted by Crippen LogP contribution is -2.34. The van der Waals surface area contributed by atoms with Crippen molar-refractivity contribution >= 4 is 5.78 Å².